The minimum absolute atomic E-state index is 0.104. The normalized spacial score (nSPS) is 14.8. The SMILES string of the molecule is CCn1c(=O)ccc2cnc(N[C@@H](C)c3ccc(C(=O)N4CCN(C(=O)O)CC4)cc3)nc21. The molecule has 1 aromatic carbocycles. The van der Waals surface area contributed by atoms with E-state index in [9.17, 15) is 14.4 Å². The summed E-state index contributed by atoms with van der Waals surface area (Å²) in [5.74, 6) is 0.307. The van der Waals surface area contributed by atoms with Gasteiger partial charge in [0.25, 0.3) is 11.5 Å². The highest BCUT2D eigenvalue weighted by Gasteiger charge is 2.24. The van der Waals surface area contributed by atoms with Gasteiger partial charge in [-0.3, -0.25) is 14.2 Å². The van der Waals surface area contributed by atoms with Gasteiger partial charge in [-0.2, -0.15) is 4.98 Å². The molecule has 2 N–H and O–H groups in total. The van der Waals surface area contributed by atoms with Gasteiger partial charge in [0.2, 0.25) is 5.95 Å². The van der Waals surface area contributed by atoms with Crippen LogP contribution in [0.1, 0.15) is 35.8 Å². The van der Waals surface area contributed by atoms with E-state index in [1.807, 2.05) is 26.0 Å². The van der Waals surface area contributed by atoms with Gasteiger partial charge in [-0.25, -0.2) is 9.78 Å². The second kappa shape index (κ2) is 9.27. The largest absolute Gasteiger partial charge is 0.465 e. The Labute approximate surface area is 190 Å². The molecule has 1 fully saturated rings. The first-order valence-corrected chi connectivity index (χ1v) is 10.9. The molecule has 33 heavy (non-hydrogen) atoms. The molecule has 3 aromatic rings. The summed E-state index contributed by atoms with van der Waals surface area (Å²) in [4.78, 5) is 47.8. The Morgan fingerprint density at radius 3 is 2.36 bits per heavy atom. The van der Waals surface area contributed by atoms with Crippen molar-refractivity contribution >= 4 is 29.0 Å². The van der Waals surface area contributed by atoms with Crippen LogP contribution in [-0.2, 0) is 6.54 Å². The highest BCUT2D eigenvalue weighted by Crippen LogP contribution is 2.20. The van der Waals surface area contributed by atoms with E-state index in [0.717, 1.165) is 10.9 Å². The van der Waals surface area contributed by atoms with Crippen LogP contribution in [0.5, 0.6) is 0 Å². The van der Waals surface area contributed by atoms with Gasteiger partial charge in [0.1, 0.15) is 5.65 Å². The molecule has 4 rings (SSSR count). The summed E-state index contributed by atoms with van der Waals surface area (Å²) in [7, 11) is 0. The van der Waals surface area contributed by atoms with Crippen LogP contribution in [0.25, 0.3) is 11.0 Å². The van der Waals surface area contributed by atoms with Crippen LogP contribution < -0.4 is 10.9 Å². The van der Waals surface area contributed by atoms with Crippen molar-refractivity contribution in [3.8, 4) is 0 Å². The molecular weight excluding hydrogens is 424 g/mol. The highest BCUT2D eigenvalue weighted by atomic mass is 16.4. The summed E-state index contributed by atoms with van der Waals surface area (Å²) < 4.78 is 1.60. The molecule has 10 heteroatoms. The minimum atomic E-state index is -0.957. The fraction of sp³-hybridized carbons (Fsp3) is 0.348. The maximum Gasteiger partial charge on any atom is 0.407 e. The molecule has 1 aliphatic heterocycles. The van der Waals surface area contributed by atoms with Crippen LogP contribution >= 0.6 is 0 Å². The number of nitrogens with one attached hydrogen (secondary N) is 1. The summed E-state index contributed by atoms with van der Waals surface area (Å²) in [5.41, 5.74) is 1.99. The molecule has 172 valence electrons. The number of anilines is 1. The van der Waals surface area contributed by atoms with Gasteiger partial charge in [0.15, 0.2) is 0 Å². The van der Waals surface area contributed by atoms with Crippen LogP contribution in [0, 0.1) is 0 Å². The molecule has 1 saturated heterocycles. The maximum absolute atomic E-state index is 12.8. The first kappa shape index (κ1) is 22.3. The van der Waals surface area contributed by atoms with Crippen LogP contribution in [-0.4, -0.2) is 67.6 Å². The van der Waals surface area contributed by atoms with E-state index in [1.165, 1.54) is 11.0 Å². The van der Waals surface area contributed by atoms with E-state index in [2.05, 4.69) is 15.3 Å². The lowest BCUT2D eigenvalue weighted by Crippen LogP contribution is -2.50. The zero-order valence-electron chi connectivity index (χ0n) is 18.6. The average molecular weight is 450 g/mol. The highest BCUT2D eigenvalue weighted by molar-refractivity contribution is 5.94. The molecule has 0 spiro atoms. The fourth-order valence-corrected chi connectivity index (χ4v) is 3.92. The third kappa shape index (κ3) is 4.64. The Hall–Kier alpha value is -3.95. The number of benzene rings is 1. The van der Waals surface area contributed by atoms with E-state index in [0.29, 0.717) is 49.9 Å². The van der Waals surface area contributed by atoms with Crippen molar-refractivity contribution in [1.82, 2.24) is 24.3 Å². The lowest BCUT2D eigenvalue weighted by atomic mass is 10.1. The summed E-state index contributed by atoms with van der Waals surface area (Å²) in [6.45, 7) is 5.78. The predicted octanol–water partition coefficient (Wildman–Crippen LogP) is 2.42. The number of piperazine rings is 1. The average Bonchev–Trinajstić information content (AvgIpc) is 2.83. The standard InChI is InChI=1S/C23H26N6O4/c1-3-29-19(30)9-8-18-14-24-22(26-20(18)29)25-15(2)16-4-6-17(7-5-16)21(31)27-10-12-28(13-11-27)23(32)33/h4-9,14-15H,3,10-13H2,1-2H3,(H,32,33)(H,24,25,26)/t15-/m0/s1. The third-order valence-electron chi connectivity index (χ3n) is 5.88. The fourth-order valence-electron chi connectivity index (χ4n) is 3.92. The van der Waals surface area contributed by atoms with Gasteiger partial charge in [0.05, 0.1) is 6.04 Å². The maximum atomic E-state index is 12.8. The first-order valence-electron chi connectivity index (χ1n) is 10.9. The van der Waals surface area contributed by atoms with E-state index >= 15 is 0 Å². The number of aryl methyl sites for hydroxylation is 1. The Bertz CT molecular complexity index is 1230. The number of amides is 2. The lowest BCUT2D eigenvalue weighted by Gasteiger charge is -2.33. The Kier molecular flexibility index (Phi) is 6.25. The first-order chi connectivity index (χ1) is 15.9. The molecule has 0 aliphatic carbocycles. The molecule has 0 saturated carbocycles. The van der Waals surface area contributed by atoms with Crippen molar-refractivity contribution in [3.05, 3.63) is 64.1 Å². The number of carbonyl (C=O) groups is 2. The Balaban J connectivity index is 1.44. The van der Waals surface area contributed by atoms with Crippen LogP contribution in [0.3, 0.4) is 0 Å². The van der Waals surface area contributed by atoms with Crippen LogP contribution in [0.15, 0.2) is 47.4 Å². The van der Waals surface area contributed by atoms with Crippen molar-refractivity contribution < 1.29 is 14.7 Å². The Morgan fingerprint density at radius 2 is 1.73 bits per heavy atom. The zero-order valence-corrected chi connectivity index (χ0v) is 18.6. The van der Waals surface area contributed by atoms with Gasteiger partial charge in [0, 0.05) is 55.9 Å². The van der Waals surface area contributed by atoms with Crippen molar-refractivity contribution in [2.45, 2.75) is 26.4 Å². The predicted molar refractivity (Wildman–Crippen MR) is 123 cm³/mol. The molecule has 0 radical (unpaired) electrons. The van der Waals surface area contributed by atoms with Gasteiger partial charge >= 0.3 is 6.09 Å². The molecule has 1 aliphatic rings. The van der Waals surface area contributed by atoms with Gasteiger partial charge < -0.3 is 20.2 Å². The van der Waals surface area contributed by atoms with Crippen molar-refractivity contribution in [3.63, 3.8) is 0 Å². The van der Waals surface area contributed by atoms with Crippen LogP contribution in [0.4, 0.5) is 10.7 Å². The summed E-state index contributed by atoms with van der Waals surface area (Å²) in [6.07, 6.45) is 0.732. The summed E-state index contributed by atoms with van der Waals surface area (Å²) in [5, 5.41) is 13.1. The molecule has 0 unspecified atom stereocenters. The van der Waals surface area contributed by atoms with E-state index in [-0.39, 0.29) is 17.5 Å². The minimum Gasteiger partial charge on any atom is -0.465 e. The number of pyridine rings is 1. The molecular formula is C23H26N6O4. The van der Waals surface area contributed by atoms with Gasteiger partial charge in [-0.05, 0) is 37.6 Å². The molecule has 2 aromatic heterocycles. The molecule has 10 nitrogen and oxygen atoms in total. The second-order valence-electron chi connectivity index (χ2n) is 7.94. The topological polar surface area (TPSA) is 121 Å². The van der Waals surface area contributed by atoms with Crippen LogP contribution in [0.2, 0.25) is 0 Å². The van der Waals surface area contributed by atoms with Gasteiger partial charge in [-0.15, -0.1) is 0 Å². The number of rotatable bonds is 5. The lowest BCUT2D eigenvalue weighted by molar-refractivity contribution is 0.0625. The molecule has 0 bridgehead atoms. The third-order valence-corrected chi connectivity index (χ3v) is 5.88. The van der Waals surface area contributed by atoms with E-state index in [1.54, 1.807) is 33.9 Å². The molecule has 3 heterocycles. The number of carboxylic acid groups (broad SMARTS) is 1. The Morgan fingerprint density at radius 1 is 1.06 bits per heavy atom. The second-order valence-corrected chi connectivity index (χ2v) is 7.94. The smallest absolute Gasteiger partial charge is 0.407 e. The summed E-state index contributed by atoms with van der Waals surface area (Å²) >= 11 is 0. The van der Waals surface area contributed by atoms with Gasteiger partial charge in [-0.1, -0.05) is 12.1 Å². The number of nitrogens with zero attached hydrogens (tertiary/aromatic N) is 5. The number of carbonyl (C=O) groups excluding carboxylic acids is 1. The molecule has 1 atom stereocenters. The van der Waals surface area contributed by atoms with Crippen molar-refractivity contribution in [2.24, 2.45) is 0 Å². The number of fused-ring (bicyclic) bond motifs is 1. The quantitative estimate of drug-likeness (QED) is 0.612. The van der Waals surface area contributed by atoms with E-state index in [4.69, 9.17) is 5.11 Å². The summed E-state index contributed by atoms with van der Waals surface area (Å²) in [6, 6.07) is 10.4. The van der Waals surface area contributed by atoms with Crippen molar-refractivity contribution in [1.29, 1.82) is 0 Å². The van der Waals surface area contributed by atoms with E-state index < -0.39 is 6.09 Å². The zero-order chi connectivity index (χ0) is 23.5. The monoisotopic (exact) mass is 450 g/mol. The molecule has 2 amide bonds. The number of hydrogen-bond acceptors (Lipinski definition) is 6. The number of aromatic nitrogens is 3. The number of hydrogen-bond donors (Lipinski definition) is 2. The van der Waals surface area contributed by atoms with Crippen molar-refractivity contribution in [2.75, 3.05) is 31.5 Å².